The number of rotatable bonds is 2. The van der Waals surface area contributed by atoms with Gasteiger partial charge in [0.05, 0.1) is 5.39 Å². The summed E-state index contributed by atoms with van der Waals surface area (Å²) in [6, 6.07) is 0. The van der Waals surface area contributed by atoms with E-state index in [9.17, 15) is 4.79 Å². The zero-order chi connectivity index (χ0) is 16.0. The van der Waals surface area contributed by atoms with Crippen LogP contribution >= 0.6 is 23.1 Å². The zero-order valence-electron chi connectivity index (χ0n) is 13.5. The fourth-order valence-corrected chi connectivity index (χ4v) is 5.18. The summed E-state index contributed by atoms with van der Waals surface area (Å²) in [4.78, 5) is 28.0. The Balaban J connectivity index is 1.75. The van der Waals surface area contributed by atoms with Gasteiger partial charge in [-0.25, -0.2) is 9.97 Å². The summed E-state index contributed by atoms with van der Waals surface area (Å²) in [7, 11) is 0. The molecule has 2 aromatic heterocycles. The van der Waals surface area contributed by atoms with Crippen LogP contribution in [0.15, 0.2) is 5.16 Å². The summed E-state index contributed by atoms with van der Waals surface area (Å²) in [6.45, 7) is 4.91. The van der Waals surface area contributed by atoms with Gasteiger partial charge in [0.2, 0.25) is 5.91 Å². The lowest BCUT2D eigenvalue weighted by atomic mass is 10.1. The number of carbonyl (C=O) groups excluding carboxylic acids is 1. The van der Waals surface area contributed by atoms with Crippen LogP contribution < -0.4 is 4.90 Å². The minimum Gasteiger partial charge on any atom is -0.352 e. The standard InChI is InChI=1S/C16H20N4OS2/c1-10(21)19-6-8-20(9-7-19)14-13-11-4-3-5-12(11)23-15(13)18-16(17-14)22-2/h3-9H2,1-2H3. The van der Waals surface area contributed by atoms with E-state index in [4.69, 9.17) is 9.97 Å². The van der Waals surface area contributed by atoms with E-state index in [1.165, 1.54) is 28.7 Å². The van der Waals surface area contributed by atoms with Crippen molar-refractivity contribution in [1.82, 2.24) is 14.9 Å². The molecule has 0 aromatic carbocycles. The first kappa shape index (κ1) is 15.2. The number of carbonyl (C=O) groups is 1. The third-order valence-corrected chi connectivity index (χ3v) is 6.47. The van der Waals surface area contributed by atoms with E-state index in [0.29, 0.717) is 0 Å². The molecule has 0 N–H and O–H groups in total. The number of thiophene rings is 1. The molecule has 23 heavy (non-hydrogen) atoms. The van der Waals surface area contributed by atoms with E-state index >= 15 is 0 Å². The number of nitrogens with zero attached hydrogens (tertiary/aromatic N) is 4. The van der Waals surface area contributed by atoms with Crippen LogP contribution in [-0.2, 0) is 17.6 Å². The normalized spacial score (nSPS) is 17.8. The summed E-state index contributed by atoms with van der Waals surface area (Å²) < 4.78 is 0. The SMILES string of the molecule is CSc1nc(N2CCN(C(C)=O)CC2)c2c3c(sc2n1)CCC3. The average molecular weight is 348 g/mol. The molecule has 3 heterocycles. The van der Waals surface area contributed by atoms with Crippen LogP contribution in [0.2, 0.25) is 0 Å². The molecule has 0 unspecified atom stereocenters. The van der Waals surface area contributed by atoms with Gasteiger partial charge in [-0.1, -0.05) is 11.8 Å². The third kappa shape index (κ3) is 2.59. The van der Waals surface area contributed by atoms with Gasteiger partial charge in [0.25, 0.3) is 0 Å². The lowest BCUT2D eigenvalue weighted by Gasteiger charge is -2.35. The first-order valence-corrected chi connectivity index (χ1v) is 10.1. The molecular formula is C16H20N4OS2. The molecule has 1 fully saturated rings. The Morgan fingerprint density at radius 3 is 2.65 bits per heavy atom. The number of fused-ring (bicyclic) bond motifs is 3. The van der Waals surface area contributed by atoms with E-state index < -0.39 is 0 Å². The molecule has 122 valence electrons. The Labute approximate surface area is 144 Å². The largest absolute Gasteiger partial charge is 0.352 e. The molecule has 0 atom stereocenters. The first-order chi connectivity index (χ1) is 11.2. The molecule has 0 bridgehead atoms. The number of piperazine rings is 1. The Hall–Kier alpha value is -1.34. The lowest BCUT2D eigenvalue weighted by Crippen LogP contribution is -2.48. The summed E-state index contributed by atoms with van der Waals surface area (Å²) >= 11 is 3.45. The fourth-order valence-electron chi connectivity index (χ4n) is 3.51. The second-order valence-corrected chi connectivity index (χ2v) is 7.92. The highest BCUT2D eigenvalue weighted by molar-refractivity contribution is 7.98. The molecule has 2 aromatic rings. The van der Waals surface area contributed by atoms with Gasteiger partial charge in [0.15, 0.2) is 5.16 Å². The Kier molecular flexibility index (Phi) is 3.93. The first-order valence-electron chi connectivity index (χ1n) is 8.04. The van der Waals surface area contributed by atoms with Crippen LogP contribution in [-0.4, -0.2) is 53.2 Å². The maximum absolute atomic E-state index is 11.5. The van der Waals surface area contributed by atoms with Crippen molar-refractivity contribution in [3.05, 3.63) is 10.4 Å². The van der Waals surface area contributed by atoms with Crippen LogP contribution in [0.4, 0.5) is 5.82 Å². The van der Waals surface area contributed by atoms with Gasteiger partial charge in [0, 0.05) is 38.0 Å². The minimum absolute atomic E-state index is 0.165. The van der Waals surface area contributed by atoms with Crippen LogP contribution in [0.25, 0.3) is 10.2 Å². The van der Waals surface area contributed by atoms with Gasteiger partial charge in [-0.3, -0.25) is 4.79 Å². The number of thioether (sulfide) groups is 1. The molecule has 2 aliphatic rings. The smallest absolute Gasteiger partial charge is 0.219 e. The molecule has 1 saturated heterocycles. The molecule has 5 nitrogen and oxygen atoms in total. The van der Waals surface area contributed by atoms with Gasteiger partial charge in [-0.2, -0.15) is 0 Å². The van der Waals surface area contributed by atoms with E-state index in [2.05, 4.69) is 4.90 Å². The molecule has 7 heteroatoms. The van der Waals surface area contributed by atoms with Crippen molar-refractivity contribution in [2.45, 2.75) is 31.3 Å². The highest BCUT2D eigenvalue weighted by Crippen LogP contribution is 2.41. The van der Waals surface area contributed by atoms with Gasteiger partial charge in [-0.15, -0.1) is 11.3 Å². The minimum atomic E-state index is 0.165. The van der Waals surface area contributed by atoms with Gasteiger partial charge in [0.1, 0.15) is 10.6 Å². The Bertz CT molecular complexity index is 765. The maximum atomic E-state index is 11.5. The monoisotopic (exact) mass is 348 g/mol. The second kappa shape index (κ2) is 5.94. The molecule has 4 rings (SSSR count). The van der Waals surface area contributed by atoms with Crippen molar-refractivity contribution in [2.75, 3.05) is 37.3 Å². The lowest BCUT2D eigenvalue weighted by molar-refractivity contribution is -0.129. The predicted molar refractivity (Wildman–Crippen MR) is 95.7 cm³/mol. The summed E-state index contributed by atoms with van der Waals surface area (Å²) in [6.07, 6.45) is 5.61. The number of hydrogen-bond donors (Lipinski definition) is 0. The third-order valence-electron chi connectivity index (χ3n) is 4.73. The summed E-state index contributed by atoms with van der Waals surface area (Å²) in [5.74, 6) is 1.25. The molecule has 0 spiro atoms. The molecular weight excluding hydrogens is 328 g/mol. The second-order valence-electron chi connectivity index (χ2n) is 6.06. The quantitative estimate of drug-likeness (QED) is 0.617. The number of hydrogen-bond acceptors (Lipinski definition) is 6. The van der Waals surface area contributed by atoms with Gasteiger partial charge < -0.3 is 9.80 Å². The highest BCUT2D eigenvalue weighted by atomic mass is 32.2. The molecule has 1 aliphatic heterocycles. The van der Waals surface area contributed by atoms with Crippen molar-refractivity contribution < 1.29 is 4.79 Å². The zero-order valence-corrected chi connectivity index (χ0v) is 15.1. The molecule has 0 saturated carbocycles. The number of amides is 1. The molecule has 1 aliphatic carbocycles. The molecule has 0 radical (unpaired) electrons. The van der Waals surface area contributed by atoms with Crippen LogP contribution in [0.3, 0.4) is 0 Å². The topological polar surface area (TPSA) is 49.3 Å². The Morgan fingerprint density at radius 2 is 1.96 bits per heavy atom. The fraction of sp³-hybridized carbons (Fsp3) is 0.562. The number of aromatic nitrogens is 2. The van der Waals surface area contributed by atoms with Crippen molar-refractivity contribution in [3.63, 3.8) is 0 Å². The van der Waals surface area contributed by atoms with E-state index in [1.54, 1.807) is 18.7 Å². The summed E-state index contributed by atoms with van der Waals surface area (Å²) in [5.41, 5.74) is 1.47. The highest BCUT2D eigenvalue weighted by Gasteiger charge is 2.27. The van der Waals surface area contributed by atoms with Crippen molar-refractivity contribution in [2.24, 2.45) is 0 Å². The number of aryl methyl sites for hydroxylation is 2. The molecule has 1 amide bonds. The maximum Gasteiger partial charge on any atom is 0.219 e. The predicted octanol–water partition coefficient (Wildman–Crippen LogP) is 2.57. The van der Waals surface area contributed by atoms with Crippen LogP contribution in [0, 0.1) is 0 Å². The van der Waals surface area contributed by atoms with Crippen molar-refractivity contribution in [3.8, 4) is 0 Å². The summed E-state index contributed by atoms with van der Waals surface area (Å²) in [5, 5.41) is 2.12. The van der Waals surface area contributed by atoms with Crippen LogP contribution in [0.1, 0.15) is 23.8 Å². The van der Waals surface area contributed by atoms with Crippen molar-refractivity contribution in [1.29, 1.82) is 0 Å². The van der Waals surface area contributed by atoms with E-state index in [0.717, 1.165) is 48.4 Å². The number of anilines is 1. The van der Waals surface area contributed by atoms with E-state index in [-0.39, 0.29) is 5.91 Å². The van der Waals surface area contributed by atoms with Crippen LogP contribution in [0.5, 0.6) is 0 Å². The van der Waals surface area contributed by atoms with Gasteiger partial charge in [-0.05, 0) is 31.1 Å². The van der Waals surface area contributed by atoms with Gasteiger partial charge >= 0.3 is 0 Å². The van der Waals surface area contributed by atoms with E-state index in [1.807, 2.05) is 22.5 Å². The average Bonchev–Trinajstić information content (AvgIpc) is 3.14. The Morgan fingerprint density at radius 1 is 1.17 bits per heavy atom. The van der Waals surface area contributed by atoms with Crippen molar-refractivity contribution >= 4 is 45.0 Å².